The average molecular weight is 409 g/mol. The van der Waals surface area contributed by atoms with Gasteiger partial charge in [0.05, 0.1) is 29.2 Å². The van der Waals surface area contributed by atoms with Gasteiger partial charge in [0, 0.05) is 28.7 Å². The van der Waals surface area contributed by atoms with Gasteiger partial charge in [-0.05, 0) is 50.2 Å². The van der Waals surface area contributed by atoms with Gasteiger partial charge in [0.2, 0.25) is 0 Å². The lowest BCUT2D eigenvalue weighted by atomic mass is 10.2. The minimum Gasteiger partial charge on any atom is -0.497 e. The molecule has 3 rings (SSSR count). The van der Waals surface area contributed by atoms with Crippen LogP contribution in [0.25, 0.3) is 5.69 Å². The standard InChI is InChI=1S/C20H19N5O5/c1-13-10-15(14(2)23(13)16-4-7-18(30-3)8-5-16)12-21-22-19-9-6-17(24(26)27)11-20(19)25(28)29/h4-12,22H,1-3H3/b21-12+. The highest BCUT2D eigenvalue weighted by Crippen LogP contribution is 2.29. The van der Waals surface area contributed by atoms with Crippen molar-refractivity contribution in [2.24, 2.45) is 5.10 Å². The van der Waals surface area contributed by atoms with Crippen LogP contribution in [0.1, 0.15) is 17.0 Å². The van der Waals surface area contributed by atoms with Crippen LogP contribution in [0.2, 0.25) is 0 Å². The van der Waals surface area contributed by atoms with E-state index in [0.29, 0.717) is 0 Å². The number of nitro benzene ring substituents is 2. The Morgan fingerprint density at radius 2 is 1.73 bits per heavy atom. The summed E-state index contributed by atoms with van der Waals surface area (Å²) in [5.74, 6) is 0.761. The van der Waals surface area contributed by atoms with E-state index < -0.39 is 15.5 Å². The number of nitrogens with zero attached hydrogens (tertiary/aromatic N) is 4. The Bertz CT molecular complexity index is 1140. The average Bonchev–Trinajstić information content (AvgIpc) is 3.01. The molecule has 154 valence electrons. The number of methoxy groups -OCH3 is 1. The highest BCUT2D eigenvalue weighted by Gasteiger charge is 2.19. The minimum atomic E-state index is -0.694. The molecule has 0 fully saturated rings. The van der Waals surface area contributed by atoms with Crippen molar-refractivity contribution in [3.05, 3.63) is 85.7 Å². The lowest BCUT2D eigenvalue weighted by Gasteiger charge is -2.10. The quantitative estimate of drug-likeness (QED) is 0.351. The van der Waals surface area contributed by atoms with Crippen LogP contribution in [0.5, 0.6) is 5.75 Å². The molecule has 0 spiro atoms. The second-order valence-corrected chi connectivity index (χ2v) is 6.45. The van der Waals surface area contributed by atoms with Crippen LogP contribution in [0, 0.1) is 34.1 Å². The van der Waals surface area contributed by atoms with Crippen LogP contribution in [0.3, 0.4) is 0 Å². The Kier molecular flexibility index (Phi) is 5.77. The third-order valence-electron chi connectivity index (χ3n) is 4.58. The number of hydrazone groups is 1. The van der Waals surface area contributed by atoms with E-state index in [2.05, 4.69) is 15.1 Å². The van der Waals surface area contributed by atoms with Gasteiger partial charge >= 0.3 is 5.69 Å². The van der Waals surface area contributed by atoms with Gasteiger partial charge in [0.15, 0.2) is 0 Å². The van der Waals surface area contributed by atoms with Crippen LogP contribution in [0.15, 0.2) is 53.6 Å². The summed E-state index contributed by atoms with van der Waals surface area (Å²) in [6, 6.07) is 12.9. The molecule has 0 aliphatic rings. The molecule has 0 amide bonds. The topological polar surface area (TPSA) is 125 Å². The van der Waals surface area contributed by atoms with Gasteiger partial charge < -0.3 is 9.30 Å². The van der Waals surface area contributed by atoms with Crippen molar-refractivity contribution in [1.82, 2.24) is 4.57 Å². The summed E-state index contributed by atoms with van der Waals surface area (Å²) in [5.41, 5.74) is 5.57. The second kappa shape index (κ2) is 8.43. The number of nitrogens with one attached hydrogen (secondary N) is 1. The number of hydrogen-bond donors (Lipinski definition) is 1. The summed E-state index contributed by atoms with van der Waals surface area (Å²) in [6.45, 7) is 3.90. The summed E-state index contributed by atoms with van der Waals surface area (Å²) in [5, 5.41) is 26.1. The van der Waals surface area contributed by atoms with Crippen LogP contribution in [-0.4, -0.2) is 27.7 Å². The number of ether oxygens (including phenoxy) is 1. The second-order valence-electron chi connectivity index (χ2n) is 6.45. The van der Waals surface area contributed by atoms with Gasteiger partial charge in [-0.1, -0.05) is 0 Å². The molecule has 1 N–H and O–H groups in total. The predicted octanol–water partition coefficient (Wildman–Crippen LogP) is 4.37. The van der Waals surface area contributed by atoms with Gasteiger partial charge in [0.1, 0.15) is 11.4 Å². The molecular formula is C20H19N5O5. The highest BCUT2D eigenvalue weighted by atomic mass is 16.6. The van der Waals surface area contributed by atoms with Crippen molar-refractivity contribution in [3.8, 4) is 11.4 Å². The maximum Gasteiger partial charge on any atom is 0.301 e. The summed E-state index contributed by atoms with van der Waals surface area (Å²) in [7, 11) is 1.61. The molecule has 1 heterocycles. The molecule has 0 aliphatic heterocycles. The third-order valence-corrected chi connectivity index (χ3v) is 4.58. The van der Waals surface area contributed by atoms with Crippen molar-refractivity contribution in [2.45, 2.75) is 13.8 Å². The first-order chi connectivity index (χ1) is 14.3. The molecule has 0 aliphatic carbocycles. The number of anilines is 1. The molecule has 0 saturated heterocycles. The number of non-ortho nitro benzene ring substituents is 1. The van der Waals surface area contributed by atoms with E-state index in [1.165, 1.54) is 12.1 Å². The highest BCUT2D eigenvalue weighted by molar-refractivity contribution is 5.83. The van der Waals surface area contributed by atoms with E-state index in [1.54, 1.807) is 13.3 Å². The molecule has 3 aromatic rings. The lowest BCUT2D eigenvalue weighted by Crippen LogP contribution is -2.00. The fourth-order valence-corrected chi connectivity index (χ4v) is 3.10. The van der Waals surface area contributed by atoms with Crippen molar-refractivity contribution in [1.29, 1.82) is 0 Å². The number of nitro groups is 2. The van der Waals surface area contributed by atoms with E-state index in [0.717, 1.165) is 34.5 Å². The van der Waals surface area contributed by atoms with E-state index in [1.807, 2.05) is 44.2 Å². The molecule has 0 bridgehead atoms. The summed E-state index contributed by atoms with van der Waals surface area (Å²) in [6.07, 6.45) is 1.55. The molecule has 0 atom stereocenters. The molecule has 0 radical (unpaired) electrons. The van der Waals surface area contributed by atoms with Crippen molar-refractivity contribution >= 4 is 23.3 Å². The number of aromatic nitrogens is 1. The summed E-state index contributed by atoms with van der Waals surface area (Å²) < 4.78 is 7.24. The van der Waals surface area contributed by atoms with Gasteiger partial charge in [-0.3, -0.25) is 25.7 Å². The number of aryl methyl sites for hydroxylation is 1. The predicted molar refractivity (Wildman–Crippen MR) is 113 cm³/mol. The lowest BCUT2D eigenvalue weighted by molar-refractivity contribution is -0.393. The molecule has 10 nitrogen and oxygen atoms in total. The van der Waals surface area contributed by atoms with Crippen molar-refractivity contribution < 1.29 is 14.6 Å². The van der Waals surface area contributed by atoms with Crippen LogP contribution < -0.4 is 10.2 Å². The Morgan fingerprint density at radius 1 is 1.03 bits per heavy atom. The molecule has 10 heteroatoms. The molecule has 1 aromatic heterocycles. The number of rotatable bonds is 7. The van der Waals surface area contributed by atoms with E-state index in [9.17, 15) is 20.2 Å². The van der Waals surface area contributed by atoms with Gasteiger partial charge in [0.25, 0.3) is 5.69 Å². The van der Waals surface area contributed by atoms with Gasteiger partial charge in [-0.25, -0.2) is 0 Å². The Labute approximate surface area is 171 Å². The molecule has 2 aromatic carbocycles. The maximum absolute atomic E-state index is 11.2. The van der Waals surface area contributed by atoms with Crippen LogP contribution in [0.4, 0.5) is 17.1 Å². The molecule has 0 unspecified atom stereocenters. The van der Waals surface area contributed by atoms with Crippen LogP contribution >= 0.6 is 0 Å². The smallest absolute Gasteiger partial charge is 0.301 e. The molecule has 30 heavy (non-hydrogen) atoms. The zero-order valence-electron chi connectivity index (χ0n) is 16.5. The normalized spacial score (nSPS) is 10.9. The SMILES string of the molecule is COc1ccc(-n2c(C)cc(/C=N/Nc3ccc([N+](=O)[O-])cc3[N+](=O)[O-])c2C)cc1. The fourth-order valence-electron chi connectivity index (χ4n) is 3.10. The monoisotopic (exact) mass is 409 g/mol. The third kappa shape index (κ3) is 4.12. The van der Waals surface area contributed by atoms with Crippen molar-refractivity contribution in [3.63, 3.8) is 0 Å². The van der Waals surface area contributed by atoms with Gasteiger partial charge in [-0.15, -0.1) is 0 Å². The summed E-state index contributed by atoms with van der Waals surface area (Å²) in [4.78, 5) is 20.7. The Hall–Kier alpha value is -4.21. The molecule has 0 saturated carbocycles. The molecular weight excluding hydrogens is 390 g/mol. The van der Waals surface area contributed by atoms with E-state index in [-0.39, 0.29) is 11.4 Å². The van der Waals surface area contributed by atoms with E-state index >= 15 is 0 Å². The fraction of sp³-hybridized carbons (Fsp3) is 0.150. The Morgan fingerprint density at radius 3 is 2.33 bits per heavy atom. The van der Waals surface area contributed by atoms with Gasteiger partial charge in [-0.2, -0.15) is 5.10 Å². The first-order valence-corrected chi connectivity index (χ1v) is 8.87. The largest absolute Gasteiger partial charge is 0.497 e. The number of hydrogen-bond acceptors (Lipinski definition) is 7. The number of benzene rings is 2. The Balaban J connectivity index is 1.85. The van der Waals surface area contributed by atoms with Crippen LogP contribution in [-0.2, 0) is 0 Å². The minimum absolute atomic E-state index is 0.0609. The first kappa shape index (κ1) is 20.5. The zero-order chi connectivity index (χ0) is 21.8. The zero-order valence-corrected chi connectivity index (χ0v) is 16.5. The first-order valence-electron chi connectivity index (χ1n) is 8.87. The van der Waals surface area contributed by atoms with E-state index in [4.69, 9.17) is 4.74 Å². The van der Waals surface area contributed by atoms with Crippen molar-refractivity contribution in [2.75, 3.05) is 12.5 Å². The maximum atomic E-state index is 11.2. The summed E-state index contributed by atoms with van der Waals surface area (Å²) >= 11 is 0.